The number of allylic oxidation sites excluding steroid dienone is 1. The summed E-state index contributed by atoms with van der Waals surface area (Å²) in [5.74, 6) is 0.255. The Morgan fingerprint density at radius 3 is 2.54 bits per heavy atom. The fourth-order valence-corrected chi connectivity index (χ4v) is 4.56. The molecule has 0 unspecified atom stereocenters. The second-order valence-corrected chi connectivity index (χ2v) is 8.83. The number of amides is 1. The van der Waals surface area contributed by atoms with E-state index in [4.69, 9.17) is 4.74 Å². The molecule has 136 valence electrons. The van der Waals surface area contributed by atoms with Crippen LogP contribution in [0.15, 0.2) is 11.8 Å². The van der Waals surface area contributed by atoms with Crippen molar-refractivity contribution in [3.63, 3.8) is 0 Å². The van der Waals surface area contributed by atoms with Gasteiger partial charge in [-0.25, -0.2) is 4.79 Å². The quantitative estimate of drug-likeness (QED) is 0.578. The van der Waals surface area contributed by atoms with Gasteiger partial charge >= 0.3 is 6.09 Å². The van der Waals surface area contributed by atoms with Crippen LogP contribution >= 0.6 is 0 Å². The standard InChI is InChI=1S/C19H31NO4/c1-7-19(6)14-8-9-20(16(23)24-17(2,3)4)12-18(14,5)10-13(11-21)15(19)22/h11,14,21H,7-10,12H2,1-6H3/b13-11-/t14-,18-,19-/m0/s1. The highest BCUT2D eigenvalue weighted by Crippen LogP contribution is 2.56. The van der Waals surface area contributed by atoms with Crippen molar-refractivity contribution in [3.05, 3.63) is 11.8 Å². The molecular weight excluding hydrogens is 306 g/mol. The van der Waals surface area contributed by atoms with E-state index in [9.17, 15) is 14.7 Å². The third kappa shape index (κ3) is 3.17. The minimum atomic E-state index is -0.522. The van der Waals surface area contributed by atoms with Gasteiger partial charge in [0.25, 0.3) is 0 Å². The zero-order valence-corrected chi connectivity index (χ0v) is 15.8. The number of aliphatic hydroxyl groups excluding tert-OH is 1. The molecule has 0 aromatic rings. The van der Waals surface area contributed by atoms with Crippen molar-refractivity contribution in [2.24, 2.45) is 16.7 Å². The van der Waals surface area contributed by atoms with Crippen LogP contribution in [0.25, 0.3) is 0 Å². The summed E-state index contributed by atoms with van der Waals surface area (Å²) in [7, 11) is 0. The van der Waals surface area contributed by atoms with Gasteiger partial charge in [-0.3, -0.25) is 4.79 Å². The highest BCUT2D eigenvalue weighted by atomic mass is 16.6. The monoisotopic (exact) mass is 337 g/mol. The van der Waals surface area contributed by atoms with Crippen LogP contribution < -0.4 is 0 Å². The molecule has 24 heavy (non-hydrogen) atoms. The normalized spacial score (nSPS) is 35.8. The molecule has 2 fully saturated rings. The minimum Gasteiger partial charge on any atom is -0.515 e. The number of hydrogen-bond acceptors (Lipinski definition) is 4. The molecule has 5 nitrogen and oxygen atoms in total. The number of rotatable bonds is 1. The summed E-state index contributed by atoms with van der Waals surface area (Å²) >= 11 is 0. The van der Waals surface area contributed by atoms with Gasteiger partial charge in [-0.2, -0.15) is 0 Å². The van der Waals surface area contributed by atoms with Crippen molar-refractivity contribution < 1.29 is 19.4 Å². The van der Waals surface area contributed by atoms with E-state index in [-0.39, 0.29) is 23.2 Å². The molecule has 0 bridgehead atoms. The van der Waals surface area contributed by atoms with Crippen molar-refractivity contribution in [2.75, 3.05) is 13.1 Å². The Balaban J connectivity index is 2.28. The number of ketones is 1. The number of nitrogens with zero attached hydrogens (tertiary/aromatic N) is 1. The zero-order valence-electron chi connectivity index (χ0n) is 15.8. The van der Waals surface area contributed by atoms with E-state index >= 15 is 0 Å². The Kier molecular flexibility index (Phi) is 4.77. The molecule has 1 saturated heterocycles. The molecule has 1 heterocycles. The van der Waals surface area contributed by atoms with Crippen molar-refractivity contribution in [2.45, 2.75) is 66.4 Å². The van der Waals surface area contributed by atoms with Crippen LogP contribution in [0.1, 0.15) is 60.8 Å². The van der Waals surface area contributed by atoms with Crippen molar-refractivity contribution in [1.82, 2.24) is 4.90 Å². The first-order chi connectivity index (χ1) is 11.0. The summed E-state index contributed by atoms with van der Waals surface area (Å²) in [4.78, 5) is 27.0. The molecule has 1 amide bonds. The Morgan fingerprint density at radius 1 is 1.42 bits per heavy atom. The van der Waals surface area contributed by atoms with Crippen molar-refractivity contribution in [1.29, 1.82) is 0 Å². The van der Waals surface area contributed by atoms with Gasteiger partial charge in [0.15, 0.2) is 5.78 Å². The fourth-order valence-electron chi connectivity index (χ4n) is 4.56. The maximum Gasteiger partial charge on any atom is 0.410 e. The summed E-state index contributed by atoms with van der Waals surface area (Å²) in [6.07, 6.45) is 2.68. The van der Waals surface area contributed by atoms with E-state index in [1.165, 1.54) is 0 Å². The molecule has 3 atom stereocenters. The average molecular weight is 337 g/mol. The molecule has 2 aliphatic rings. The van der Waals surface area contributed by atoms with Gasteiger partial charge in [0.05, 0.1) is 6.26 Å². The van der Waals surface area contributed by atoms with Crippen molar-refractivity contribution >= 4 is 11.9 Å². The van der Waals surface area contributed by atoms with Crippen molar-refractivity contribution in [3.8, 4) is 0 Å². The largest absolute Gasteiger partial charge is 0.515 e. The van der Waals surface area contributed by atoms with Crippen LogP contribution in [0.4, 0.5) is 4.79 Å². The molecule has 0 spiro atoms. The van der Waals surface area contributed by atoms with Crippen LogP contribution in [0, 0.1) is 16.7 Å². The maximum absolute atomic E-state index is 12.8. The molecule has 1 aliphatic heterocycles. The molecule has 1 N–H and O–H groups in total. The van der Waals surface area contributed by atoms with Crippen LogP contribution in [0.5, 0.6) is 0 Å². The summed E-state index contributed by atoms with van der Waals surface area (Å²) in [5.41, 5.74) is -0.765. The number of carbonyl (C=O) groups is 2. The second kappa shape index (κ2) is 6.08. The van der Waals surface area contributed by atoms with Gasteiger partial charge in [-0.1, -0.05) is 20.8 Å². The number of fused-ring (bicyclic) bond motifs is 1. The average Bonchev–Trinajstić information content (AvgIpc) is 2.48. The van der Waals surface area contributed by atoms with Gasteiger partial charge in [0.2, 0.25) is 0 Å². The highest BCUT2D eigenvalue weighted by Gasteiger charge is 2.56. The Hall–Kier alpha value is -1.52. The Morgan fingerprint density at radius 2 is 2.04 bits per heavy atom. The first-order valence-electron chi connectivity index (χ1n) is 8.83. The topological polar surface area (TPSA) is 66.8 Å². The number of Topliss-reactive ketones (excluding diaryl/α,β-unsaturated/α-hetero) is 1. The molecule has 1 aliphatic carbocycles. The molecule has 0 aromatic carbocycles. The number of aliphatic hydroxyl groups is 1. The second-order valence-electron chi connectivity index (χ2n) is 8.83. The zero-order chi connectivity index (χ0) is 18.3. The smallest absolute Gasteiger partial charge is 0.410 e. The maximum atomic E-state index is 12.8. The van der Waals surface area contributed by atoms with E-state index in [0.29, 0.717) is 25.1 Å². The molecule has 2 rings (SSSR count). The van der Waals surface area contributed by atoms with Crippen LogP contribution in [-0.4, -0.2) is 40.6 Å². The Labute approximate surface area is 145 Å². The molecular formula is C19H31NO4. The first kappa shape index (κ1) is 18.8. The molecule has 0 aromatic heterocycles. The summed E-state index contributed by atoms with van der Waals surface area (Å²) in [6.45, 7) is 12.9. The molecule has 0 radical (unpaired) electrons. The summed E-state index contributed by atoms with van der Waals surface area (Å²) in [6, 6.07) is 0. The third-order valence-electron chi connectivity index (χ3n) is 5.80. The number of ether oxygens (including phenoxy) is 1. The van der Waals surface area contributed by atoms with Crippen LogP contribution in [0.3, 0.4) is 0 Å². The number of hydrogen-bond donors (Lipinski definition) is 1. The lowest BCUT2D eigenvalue weighted by Gasteiger charge is -2.56. The van der Waals surface area contributed by atoms with E-state index in [1.54, 1.807) is 4.90 Å². The molecule has 5 heteroatoms. The lowest BCUT2D eigenvalue weighted by atomic mass is 9.51. The predicted octanol–water partition coefficient (Wildman–Crippen LogP) is 4.08. The van der Waals surface area contributed by atoms with Gasteiger partial charge in [0, 0.05) is 24.1 Å². The van der Waals surface area contributed by atoms with Gasteiger partial charge < -0.3 is 14.7 Å². The first-order valence-corrected chi connectivity index (χ1v) is 8.83. The fraction of sp³-hybridized carbons (Fsp3) is 0.789. The van der Waals surface area contributed by atoms with E-state index in [1.807, 2.05) is 34.6 Å². The summed E-state index contributed by atoms with van der Waals surface area (Å²) in [5, 5.41) is 9.53. The number of piperidine rings is 1. The summed E-state index contributed by atoms with van der Waals surface area (Å²) < 4.78 is 5.51. The van der Waals surface area contributed by atoms with Gasteiger partial charge in [-0.05, 0) is 51.4 Å². The predicted molar refractivity (Wildman–Crippen MR) is 92.8 cm³/mol. The SMILES string of the molecule is CC[C@]1(C)C(=O)/C(=C\O)C[C@@]2(C)CN(C(=O)OC(C)(C)C)CC[C@@H]21. The highest BCUT2D eigenvalue weighted by molar-refractivity contribution is 6.00. The lowest BCUT2D eigenvalue weighted by molar-refractivity contribution is -0.140. The van der Waals surface area contributed by atoms with Gasteiger partial charge in [-0.15, -0.1) is 0 Å². The van der Waals surface area contributed by atoms with E-state index in [0.717, 1.165) is 19.1 Å². The van der Waals surface area contributed by atoms with E-state index in [2.05, 4.69) is 6.92 Å². The molecule has 1 saturated carbocycles. The van der Waals surface area contributed by atoms with Crippen LogP contribution in [-0.2, 0) is 9.53 Å². The lowest BCUT2D eigenvalue weighted by Crippen LogP contribution is -2.59. The van der Waals surface area contributed by atoms with Crippen LogP contribution in [0.2, 0.25) is 0 Å². The van der Waals surface area contributed by atoms with Gasteiger partial charge in [0.1, 0.15) is 5.60 Å². The third-order valence-corrected chi connectivity index (χ3v) is 5.80. The minimum absolute atomic E-state index is 0.0562. The number of likely N-dealkylation sites (tertiary alicyclic amines) is 1. The number of carbonyl (C=O) groups excluding carboxylic acids is 2. The Bertz CT molecular complexity index is 562. The van der Waals surface area contributed by atoms with E-state index < -0.39 is 11.0 Å².